The van der Waals surface area contributed by atoms with E-state index in [1.807, 2.05) is 6.92 Å². The Morgan fingerprint density at radius 2 is 1.55 bits per heavy atom. The number of allylic oxidation sites excluding steroid dienone is 2. The molecule has 2 nitrogen and oxygen atoms in total. The molecule has 0 aromatic heterocycles. The molecule has 2 atom stereocenters. The molecule has 0 aliphatic carbocycles. The predicted octanol–water partition coefficient (Wildman–Crippen LogP) is 6.60. The van der Waals surface area contributed by atoms with Gasteiger partial charge in [0.05, 0.1) is 5.92 Å². The summed E-state index contributed by atoms with van der Waals surface area (Å²) in [5.74, 6) is -0.198. The largest absolute Gasteiger partial charge is 0.481 e. The summed E-state index contributed by atoms with van der Waals surface area (Å²) in [5, 5.41) is 9.15. The van der Waals surface area contributed by atoms with Gasteiger partial charge in [0.1, 0.15) is 0 Å². The molecule has 2 heteroatoms. The minimum Gasteiger partial charge on any atom is -0.481 e. The van der Waals surface area contributed by atoms with Crippen molar-refractivity contribution in [1.29, 1.82) is 0 Å². The lowest BCUT2D eigenvalue weighted by molar-refractivity contribution is -0.142. The van der Waals surface area contributed by atoms with Crippen LogP contribution in [0, 0.1) is 11.8 Å². The molecule has 0 bridgehead atoms. The van der Waals surface area contributed by atoms with Crippen molar-refractivity contribution in [2.75, 3.05) is 0 Å². The Balaban J connectivity index is 3.67. The maximum atomic E-state index is 11.1. The summed E-state index contributed by atoms with van der Waals surface area (Å²) in [7, 11) is 0. The lowest BCUT2D eigenvalue weighted by Gasteiger charge is -2.18. The summed E-state index contributed by atoms with van der Waals surface area (Å²) in [6.45, 7) is 6.42. The number of aliphatic carboxylic acids is 1. The van der Waals surface area contributed by atoms with Crippen LogP contribution in [0.4, 0.5) is 0 Å². The molecule has 0 spiro atoms. The van der Waals surface area contributed by atoms with Gasteiger partial charge in [-0.05, 0) is 44.4 Å². The minimum absolute atomic E-state index is 0.149. The first-order valence-corrected chi connectivity index (χ1v) is 9.53. The van der Waals surface area contributed by atoms with Gasteiger partial charge in [0.15, 0.2) is 0 Å². The molecule has 0 rings (SSSR count). The Kier molecular flexibility index (Phi) is 14.6. The number of unbranched alkanes of at least 4 members (excludes halogenated alkanes) is 6. The van der Waals surface area contributed by atoms with Crippen molar-refractivity contribution in [3.63, 3.8) is 0 Å². The van der Waals surface area contributed by atoms with E-state index >= 15 is 0 Å². The molecule has 22 heavy (non-hydrogen) atoms. The highest BCUT2D eigenvalue weighted by atomic mass is 16.4. The number of hydrogen-bond donors (Lipinski definition) is 1. The van der Waals surface area contributed by atoms with Gasteiger partial charge in [-0.2, -0.15) is 0 Å². The van der Waals surface area contributed by atoms with Gasteiger partial charge in [0, 0.05) is 0 Å². The summed E-state index contributed by atoms with van der Waals surface area (Å²) >= 11 is 0. The van der Waals surface area contributed by atoms with E-state index in [-0.39, 0.29) is 5.92 Å². The molecule has 0 radical (unpaired) electrons. The molecular weight excluding hydrogens is 272 g/mol. The highest BCUT2D eigenvalue weighted by molar-refractivity contribution is 5.69. The first kappa shape index (κ1) is 21.2. The van der Waals surface area contributed by atoms with Gasteiger partial charge in [-0.3, -0.25) is 4.79 Å². The van der Waals surface area contributed by atoms with Gasteiger partial charge < -0.3 is 5.11 Å². The summed E-state index contributed by atoms with van der Waals surface area (Å²) in [5.41, 5.74) is 0. The van der Waals surface area contributed by atoms with Crippen LogP contribution in [-0.2, 0) is 4.79 Å². The predicted molar refractivity (Wildman–Crippen MR) is 96.2 cm³/mol. The summed E-state index contributed by atoms with van der Waals surface area (Å²) < 4.78 is 0. The first-order chi connectivity index (χ1) is 10.7. The Morgan fingerprint density at radius 3 is 2.09 bits per heavy atom. The molecule has 0 aliphatic rings. The van der Waals surface area contributed by atoms with Crippen molar-refractivity contribution in [3.8, 4) is 0 Å². The molecule has 1 N–H and O–H groups in total. The Hall–Kier alpha value is -0.790. The monoisotopic (exact) mass is 310 g/mol. The topological polar surface area (TPSA) is 37.3 Å². The molecule has 0 amide bonds. The number of hydrogen-bond acceptors (Lipinski definition) is 1. The van der Waals surface area contributed by atoms with E-state index in [0.717, 1.165) is 25.7 Å². The summed E-state index contributed by atoms with van der Waals surface area (Å²) in [4.78, 5) is 11.1. The average molecular weight is 311 g/mol. The number of carboxylic acids is 1. The molecule has 0 saturated carbocycles. The van der Waals surface area contributed by atoms with Crippen LogP contribution >= 0.6 is 0 Å². The summed E-state index contributed by atoms with van der Waals surface area (Å²) in [6, 6.07) is 0. The molecule has 0 aliphatic heterocycles. The van der Waals surface area contributed by atoms with Crippen LogP contribution in [0.1, 0.15) is 97.8 Å². The second-order valence-electron chi connectivity index (χ2n) is 6.56. The van der Waals surface area contributed by atoms with E-state index in [2.05, 4.69) is 26.0 Å². The van der Waals surface area contributed by atoms with E-state index in [1.54, 1.807) is 0 Å². The lowest BCUT2D eigenvalue weighted by atomic mass is 9.87. The van der Waals surface area contributed by atoms with E-state index in [4.69, 9.17) is 5.11 Å². The van der Waals surface area contributed by atoms with Gasteiger partial charge in [0.25, 0.3) is 0 Å². The third-order valence-electron chi connectivity index (χ3n) is 4.66. The minimum atomic E-state index is -0.621. The van der Waals surface area contributed by atoms with Crippen LogP contribution in [0.15, 0.2) is 12.2 Å². The maximum Gasteiger partial charge on any atom is 0.306 e. The van der Waals surface area contributed by atoms with Crippen LogP contribution in [0.25, 0.3) is 0 Å². The average Bonchev–Trinajstić information content (AvgIpc) is 2.51. The van der Waals surface area contributed by atoms with Crippen molar-refractivity contribution in [2.24, 2.45) is 11.8 Å². The zero-order chi connectivity index (χ0) is 16.6. The third-order valence-corrected chi connectivity index (χ3v) is 4.66. The maximum absolute atomic E-state index is 11.1. The first-order valence-electron chi connectivity index (χ1n) is 9.53. The van der Waals surface area contributed by atoms with Crippen LogP contribution in [0.2, 0.25) is 0 Å². The molecule has 0 heterocycles. The molecule has 0 fully saturated rings. The highest BCUT2D eigenvalue weighted by Gasteiger charge is 2.19. The van der Waals surface area contributed by atoms with Crippen LogP contribution in [0.5, 0.6) is 0 Å². The Labute approximate surface area is 138 Å². The Morgan fingerprint density at radius 1 is 0.909 bits per heavy atom. The van der Waals surface area contributed by atoms with Crippen molar-refractivity contribution in [1.82, 2.24) is 0 Å². The second kappa shape index (κ2) is 15.1. The second-order valence-corrected chi connectivity index (χ2v) is 6.56. The number of carboxylic acid groups (broad SMARTS) is 1. The zero-order valence-electron chi connectivity index (χ0n) is 15.2. The van der Waals surface area contributed by atoms with E-state index < -0.39 is 5.97 Å². The van der Waals surface area contributed by atoms with Gasteiger partial charge in [-0.25, -0.2) is 0 Å². The molecular formula is C20H38O2. The van der Waals surface area contributed by atoms with Crippen molar-refractivity contribution in [2.45, 2.75) is 97.8 Å². The van der Waals surface area contributed by atoms with Crippen molar-refractivity contribution >= 4 is 5.97 Å². The molecule has 0 aromatic carbocycles. The quantitative estimate of drug-likeness (QED) is 0.273. The van der Waals surface area contributed by atoms with Gasteiger partial charge in [-0.15, -0.1) is 0 Å². The van der Waals surface area contributed by atoms with Crippen LogP contribution < -0.4 is 0 Å². The molecule has 130 valence electrons. The SMILES string of the molecule is CCCCCCC/C=C/CCCC(CC)CC(CC)C(=O)O. The van der Waals surface area contributed by atoms with Crippen molar-refractivity contribution < 1.29 is 9.90 Å². The Bertz CT molecular complexity index is 283. The van der Waals surface area contributed by atoms with E-state index in [1.165, 1.54) is 51.4 Å². The third kappa shape index (κ3) is 11.8. The van der Waals surface area contributed by atoms with Gasteiger partial charge in [0.2, 0.25) is 0 Å². The zero-order valence-corrected chi connectivity index (χ0v) is 15.2. The van der Waals surface area contributed by atoms with Crippen LogP contribution in [0.3, 0.4) is 0 Å². The standard InChI is InChI=1S/C20H38O2/c1-4-7-8-9-10-11-12-13-14-15-16-18(5-2)17-19(6-3)20(21)22/h12-13,18-19H,4-11,14-17H2,1-3H3,(H,21,22)/b13-12+. The fourth-order valence-electron chi connectivity index (χ4n) is 2.96. The fraction of sp³-hybridized carbons (Fsp3) is 0.850. The molecule has 0 aromatic rings. The molecule has 2 unspecified atom stereocenters. The van der Waals surface area contributed by atoms with E-state index in [0.29, 0.717) is 5.92 Å². The van der Waals surface area contributed by atoms with E-state index in [9.17, 15) is 4.79 Å². The number of carbonyl (C=O) groups is 1. The normalized spacial score (nSPS) is 14.3. The highest BCUT2D eigenvalue weighted by Crippen LogP contribution is 2.23. The lowest BCUT2D eigenvalue weighted by Crippen LogP contribution is -2.17. The fourth-order valence-corrected chi connectivity index (χ4v) is 2.96. The van der Waals surface area contributed by atoms with Gasteiger partial charge >= 0.3 is 5.97 Å². The number of rotatable bonds is 15. The summed E-state index contributed by atoms with van der Waals surface area (Å²) in [6.07, 6.45) is 18.8. The van der Waals surface area contributed by atoms with Crippen molar-refractivity contribution in [3.05, 3.63) is 12.2 Å². The van der Waals surface area contributed by atoms with Gasteiger partial charge in [-0.1, -0.05) is 71.4 Å². The van der Waals surface area contributed by atoms with Crippen LogP contribution in [-0.4, -0.2) is 11.1 Å². The smallest absolute Gasteiger partial charge is 0.306 e. The molecule has 0 saturated heterocycles.